The molecule has 3 aromatic rings. The number of methoxy groups -OCH3 is 2. The molecule has 1 saturated heterocycles. The van der Waals surface area contributed by atoms with Crippen molar-refractivity contribution in [3.05, 3.63) is 48.3 Å². The van der Waals surface area contributed by atoms with Crippen LogP contribution in [0.15, 0.2) is 42.7 Å². The molecule has 5 rings (SSSR count). The maximum absolute atomic E-state index is 11.9. The van der Waals surface area contributed by atoms with E-state index in [0.29, 0.717) is 17.4 Å². The van der Waals surface area contributed by atoms with Crippen molar-refractivity contribution in [3.8, 4) is 11.5 Å². The van der Waals surface area contributed by atoms with E-state index in [1.807, 2.05) is 12.1 Å². The number of rotatable bonds is 7. The van der Waals surface area contributed by atoms with E-state index in [1.165, 1.54) is 7.11 Å². The van der Waals surface area contributed by atoms with Gasteiger partial charge in [0.25, 0.3) is 0 Å². The quantitative estimate of drug-likeness (QED) is 0.490. The van der Waals surface area contributed by atoms with Gasteiger partial charge in [-0.2, -0.15) is 0 Å². The Morgan fingerprint density at radius 2 is 1.78 bits per heavy atom. The Morgan fingerprint density at radius 3 is 2.53 bits per heavy atom. The number of benzene rings is 2. The molecular formula is C27H32N4O5. The molecule has 36 heavy (non-hydrogen) atoms. The maximum atomic E-state index is 11.9. The largest absolute Gasteiger partial charge is 0.496 e. The molecule has 0 bridgehead atoms. The molecule has 2 aromatic carbocycles. The number of aromatic nitrogens is 2. The van der Waals surface area contributed by atoms with Crippen LogP contribution in [0.4, 0.5) is 11.4 Å². The van der Waals surface area contributed by atoms with Gasteiger partial charge in [0.05, 0.1) is 39.1 Å². The predicted octanol–water partition coefficient (Wildman–Crippen LogP) is 4.06. The third kappa shape index (κ3) is 5.31. The molecule has 0 atom stereocenters. The van der Waals surface area contributed by atoms with E-state index in [9.17, 15) is 4.79 Å². The molecule has 9 nitrogen and oxygen atoms in total. The zero-order valence-corrected chi connectivity index (χ0v) is 20.7. The average molecular weight is 493 g/mol. The van der Waals surface area contributed by atoms with Gasteiger partial charge in [0.2, 0.25) is 0 Å². The molecule has 1 aromatic heterocycles. The minimum atomic E-state index is -0.411. The molecule has 2 fully saturated rings. The second-order valence-electron chi connectivity index (χ2n) is 9.11. The van der Waals surface area contributed by atoms with Crippen LogP contribution in [0, 0.1) is 0 Å². The summed E-state index contributed by atoms with van der Waals surface area (Å²) in [5.41, 5.74) is 4.07. The van der Waals surface area contributed by atoms with Gasteiger partial charge in [-0.1, -0.05) is 0 Å². The van der Waals surface area contributed by atoms with Crippen molar-refractivity contribution in [2.24, 2.45) is 0 Å². The first-order chi connectivity index (χ1) is 17.6. The molecule has 9 heteroatoms. The molecular weight excluding hydrogens is 460 g/mol. The number of morpholine rings is 1. The van der Waals surface area contributed by atoms with Crippen molar-refractivity contribution in [3.63, 3.8) is 0 Å². The Balaban J connectivity index is 1.24. The Morgan fingerprint density at radius 1 is 1.00 bits per heavy atom. The molecule has 1 N–H and O–H groups in total. The highest BCUT2D eigenvalue weighted by Crippen LogP contribution is 2.34. The molecule has 1 aliphatic heterocycles. The average Bonchev–Trinajstić information content (AvgIpc) is 2.94. The lowest BCUT2D eigenvalue weighted by Gasteiger charge is -2.32. The molecule has 190 valence electrons. The minimum absolute atomic E-state index is 0.115. The van der Waals surface area contributed by atoms with E-state index >= 15 is 0 Å². The Labute approximate surface area is 210 Å². The van der Waals surface area contributed by atoms with E-state index in [2.05, 4.69) is 32.3 Å². The second kappa shape index (κ2) is 11.0. The van der Waals surface area contributed by atoms with Crippen LogP contribution in [0.2, 0.25) is 0 Å². The fraction of sp³-hybridized carbons (Fsp3) is 0.444. The van der Waals surface area contributed by atoms with Gasteiger partial charge < -0.3 is 29.2 Å². The van der Waals surface area contributed by atoms with Gasteiger partial charge in [-0.3, -0.25) is 4.98 Å². The summed E-state index contributed by atoms with van der Waals surface area (Å²) in [4.78, 5) is 23.3. The lowest BCUT2D eigenvalue weighted by Crippen LogP contribution is -2.36. The van der Waals surface area contributed by atoms with E-state index in [4.69, 9.17) is 18.9 Å². The number of anilines is 2. The molecule has 0 unspecified atom stereocenters. The highest BCUT2D eigenvalue weighted by molar-refractivity contribution is 5.93. The summed E-state index contributed by atoms with van der Waals surface area (Å²) in [7, 11) is 2.92. The summed E-state index contributed by atoms with van der Waals surface area (Å²) in [6.07, 6.45) is 7.35. The zero-order valence-electron chi connectivity index (χ0n) is 20.7. The fourth-order valence-electron chi connectivity index (χ4n) is 4.92. The number of hydrogen-bond acceptors (Lipinski definition) is 9. The lowest BCUT2D eigenvalue weighted by molar-refractivity contribution is 0.0597. The van der Waals surface area contributed by atoms with Crippen LogP contribution in [0.3, 0.4) is 0 Å². The predicted molar refractivity (Wildman–Crippen MR) is 137 cm³/mol. The molecule has 0 spiro atoms. The maximum Gasteiger partial charge on any atom is 0.341 e. The molecule has 1 aliphatic carbocycles. The summed E-state index contributed by atoms with van der Waals surface area (Å²) in [6.45, 7) is 3.16. The van der Waals surface area contributed by atoms with Gasteiger partial charge in [-0.05, 0) is 43.9 Å². The van der Waals surface area contributed by atoms with Gasteiger partial charge in [-0.25, -0.2) is 9.78 Å². The van der Waals surface area contributed by atoms with Crippen molar-refractivity contribution in [1.29, 1.82) is 0 Å². The Kier molecular flexibility index (Phi) is 7.36. The smallest absolute Gasteiger partial charge is 0.341 e. The number of nitrogens with one attached hydrogen (secondary N) is 1. The topological polar surface area (TPSA) is 95.0 Å². The van der Waals surface area contributed by atoms with Gasteiger partial charge in [0, 0.05) is 55.0 Å². The third-order valence-corrected chi connectivity index (χ3v) is 6.85. The number of ether oxygens (including phenoxy) is 4. The molecule has 1 saturated carbocycles. The van der Waals surface area contributed by atoms with Crippen LogP contribution in [0.1, 0.15) is 36.0 Å². The summed E-state index contributed by atoms with van der Waals surface area (Å²) in [5, 5.41) is 3.58. The number of hydrogen-bond donors (Lipinski definition) is 1. The van der Waals surface area contributed by atoms with Crippen molar-refractivity contribution in [1.82, 2.24) is 9.97 Å². The lowest BCUT2D eigenvalue weighted by atomic mass is 9.92. The van der Waals surface area contributed by atoms with E-state index in [0.717, 1.165) is 80.1 Å². The first kappa shape index (κ1) is 24.1. The first-order valence-corrected chi connectivity index (χ1v) is 12.4. The van der Waals surface area contributed by atoms with E-state index < -0.39 is 5.97 Å². The van der Waals surface area contributed by atoms with Gasteiger partial charge >= 0.3 is 5.97 Å². The van der Waals surface area contributed by atoms with Crippen LogP contribution in [0.5, 0.6) is 11.5 Å². The van der Waals surface area contributed by atoms with Gasteiger partial charge in [0.15, 0.2) is 0 Å². The highest BCUT2D eigenvalue weighted by atomic mass is 16.5. The standard InChI is InChI=1S/C27H32N4O5/c1-33-24-15-19(5-8-22(24)27(32)34-2)30-18-3-6-21(7-4-18)36-25-17-20(31-11-13-35-14-12-31)16-23-26(25)29-10-9-28-23/h5,8-10,15-18,21,30H,3-4,6-7,11-14H2,1-2H3. The number of carbonyl (C=O) groups is 1. The van der Waals surface area contributed by atoms with Crippen LogP contribution in [0.25, 0.3) is 11.0 Å². The van der Waals surface area contributed by atoms with Crippen LogP contribution >= 0.6 is 0 Å². The summed E-state index contributed by atoms with van der Waals surface area (Å²) in [6, 6.07) is 9.96. The Bertz CT molecular complexity index is 1210. The zero-order chi connectivity index (χ0) is 24.9. The number of fused-ring (bicyclic) bond motifs is 1. The van der Waals surface area contributed by atoms with Crippen LogP contribution in [-0.4, -0.2) is 68.6 Å². The van der Waals surface area contributed by atoms with Gasteiger partial charge in [0.1, 0.15) is 22.6 Å². The summed E-state index contributed by atoms with van der Waals surface area (Å²) < 4.78 is 22.3. The molecule has 2 aliphatic rings. The molecule has 0 radical (unpaired) electrons. The fourth-order valence-corrected chi connectivity index (χ4v) is 4.92. The Hall–Kier alpha value is -3.59. The molecule has 0 amide bonds. The van der Waals surface area contributed by atoms with E-state index in [-0.39, 0.29) is 6.10 Å². The SMILES string of the molecule is COC(=O)c1ccc(NC2CCC(Oc3cc(N4CCOCC4)cc4nccnc34)CC2)cc1OC. The van der Waals surface area contributed by atoms with Crippen molar-refractivity contribution < 1.29 is 23.7 Å². The van der Waals surface area contributed by atoms with Gasteiger partial charge in [-0.15, -0.1) is 0 Å². The van der Waals surface area contributed by atoms with Crippen LogP contribution < -0.4 is 19.7 Å². The highest BCUT2D eigenvalue weighted by Gasteiger charge is 2.25. The summed E-state index contributed by atoms with van der Waals surface area (Å²) in [5.74, 6) is 0.879. The van der Waals surface area contributed by atoms with Crippen molar-refractivity contribution in [2.45, 2.75) is 37.8 Å². The van der Waals surface area contributed by atoms with E-state index in [1.54, 1.807) is 25.6 Å². The number of carbonyl (C=O) groups excluding carboxylic acids is 1. The van der Waals surface area contributed by atoms with Crippen LogP contribution in [-0.2, 0) is 9.47 Å². The molecule has 2 heterocycles. The van der Waals surface area contributed by atoms with Crippen molar-refractivity contribution in [2.75, 3.05) is 50.7 Å². The minimum Gasteiger partial charge on any atom is -0.496 e. The number of nitrogens with zero attached hydrogens (tertiary/aromatic N) is 3. The number of esters is 1. The summed E-state index contributed by atoms with van der Waals surface area (Å²) >= 11 is 0. The van der Waals surface area contributed by atoms with Crippen molar-refractivity contribution >= 4 is 28.4 Å². The first-order valence-electron chi connectivity index (χ1n) is 12.4. The second-order valence-corrected chi connectivity index (χ2v) is 9.11. The normalized spacial score (nSPS) is 20.1. The third-order valence-electron chi connectivity index (χ3n) is 6.85. The monoisotopic (exact) mass is 492 g/mol.